The molecule has 1 saturated heterocycles. The van der Waals surface area contributed by atoms with Gasteiger partial charge in [-0.15, -0.1) is 0 Å². The molecule has 2 amide bonds. The first-order valence-corrected chi connectivity index (χ1v) is 10.7. The molecule has 0 unspecified atom stereocenters. The Morgan fingerprint density at radius 2 is 1.72 bits per heavy atom. The standard InChI is InChI=1S/C23H21ClN2O6/c24-17-9-14(10-20-22(17)32-13-31-20)1-4-21(27)26-7-5-15(6-8-26)23(28)25-16-2-3-18-19(11-16)30-12-29-18/h1-4,9-11,15H,5-8,12-13H2,(H,25,28). The van der Waals surface area contributed by atoms with E-state index in [2.05, 4.69) is 5.32 Å². The minimum Gasteiger partial charge on any atom is -0.454 e. The number of rotatable bonds is 4. The molecule has 0 aromatic heterocycles. The van der Waals surface area contributed by atoms with E-state index in [1.165, 1.54) is 6.08 Å². The van der Waals surface area contributed by atoms with Crippen molar-refractivity contribution in [3.8, 4) is 23.0 Å². The van der Waals surface area contributed by atoms with Gasteiger partial charge in [-0.05, 0) is 48.7 Å². The van der Waals surface area contributed by atoms with Crippen molar-refractivity contribution in [3.05, 3.63) is 47.0 Å². The number of halogens is 1. The van der Waals surface area contributed by atoms with Crippen LogP contribution in [0.3, 0.4) is 0 Å². The van der Waals surface area contributed by atoms with Gasteiger partial charge < -0.3 is 29.2 Å². The van der Waals surface area contributed by atoms with Crippen LogP contribution in [0.15, 0.2) is 36.4 Å². The van der Waals surface area contributed by atoms with E-state index in [0.717, 1.165) is 5.56 Å². The summed E-state index contributed by atoms with van der Waals surface area (Å²) in [7, 11) is 0. The molecule has 5 rings (SSSR count). The van der Waals surface area contributed by atoms with Gasteiger partial charge in [0.2, 0.25) is 25.4 Å². The van der Waals surface area contributed by atoms with Gasteiger partial charge in [0.05, 0.1) is 5.02 Å². The molecule has 3 aliphatic rings. The van der Waals surface area contributed by atoms with Crippen LogP contribution < -0.4 is 24.3 Å². The smallest absolute Gasteiger partial charge is 0.246 e. The van der Waals surface area contributed by atoms with Crippen molar-refractivity contribution < 1.29 is 28.5 Å². The van der Waals surface area contributed by atoms with Gasteiger partial charge in [-0.2, -0.15) is 0 Å². The Hall–Kier alpha value is -3.39. The lowest BCUT2D eigenvalue weighted by Crippen LogP contribution is -2.40. The van der Waals surface area contributed by atoms with Crippen molar-refractivity contribution >= 4 is 35.2 Å². The average molecular weight is 457 g/mol. The number of carbonyl (C=O) groups excluding carboxylic acids is 2. The summed E-state index contributed by atoms with van der Waals surface area (Å²) in [5.41, 5.74) is 1.42. The number of nitrogens with zero attached hydrogens (tertiary/aromatic N) is 1. The number of nitrogens with one attached hydrogen (secondary N) is 1. The monoisotopic (exact) mass is 456 g/mol. The van der Waals surface area contributed by atoms with Crippen molar-refractivity contribution in [1.82, 2.24) is 4.90 Å². The van der Waals surface area contributed by atoms with Crippen molar-refractivity contribution in [2.24, 2.45) is 5.92 Å². The molecule has 0 atom stereocenters. The number of hydrogen-bond acceptors (Lipinski definition) is 6. The van der Waals surface area contributed by atoms with Crippen molar-refractivity contribution in [3.63, 3.8) is 0 Å². The quantitative estimate of drug-likeness (QED) is 0.706. The predicted octanol–water partition coefficient (Wildman–Crippen LogP) is 3.69. The van der Waals surface area contributed by atoms with E-state index in [4.69, 9.17) is 30.5 Å². The predicted molar refractivity (Wildman–Crippen MR) is 117 cm³/mol. The first-order chi connectivity index (χ1) is 15.6. The largest absolute Gasteiger partial charge is 0.454 e. The molecule has 0 aliphatic carbocycles. The van der Waals surface area contributed by atoms with Crippen LogP contribution in [0.5, 0.6) is 23.0 Å². The van der Waals surface area contributed by atoms with Crippen LogP contribution in [-0.2, 0) is 9.59 Å². The Bertz CT molecular complexity index is 1090. The molecule has 1 fully saturated rings. The summed E-state index contributed by atoms with van der Waals surface area (Å²) in [4.78, 5) is 27.0. The van der Waals surface area contributed by atoms with Gasteiger partial charge in [-0.3, -0.25) is 9.59 Å². The lowest BCUT2D eigenvalue weighted by molar-refractivity contribution is -0.130. The summed E-state index contributed by atoms with van der Waals surface area (Å²) in [6.07, 6.45) is 4.42. The summed E-state index contributed by atoms with van der Waals surface area (Å²) >= 11 is 6.18. The number of anilines is 1. The van der Waals surface area contributed by atoms with Crippen molar-refractivity contribution in [2.45, 2.75) is 12.8 Å². The molecule has 3 aliphatic heterocycles. The fraction of sp³-hybridized carbons (Fsp3) is 0.304. The Morgan fingerprint density at radius 3 is 2.56 bits per heavy atom. The molecule has 0 radical (unpaired) electrons. The van der Waals surface area contributed by atoms with E-state index >= 15 is 0 Å². The summed E-state index contributed by atoms with van der Waals surface area (Å²) < 4.78 is 21.3. The van der Waals surface area contributed by atoms with Crippen LogP contribution in [0.1, 0.15) is 18.4 Å². The van der Waals surface area contributed by atoms with Crippen LogP contribution in [0.4, 0.5) is 5.69 Å². The van der Waals surface area contributed by atoms with E-state index in [-0.39, 0.29) is 31.3 Å². The van der Waals surface area contributed by atoms with Gasteiger partial charge in [0.15, 0.2) is 23.0 Å². The molecule has 2 aromatic rings. The number of amides is 2. The lowest BCUT2D eigenvalue weighted by atomic mass is 9.95. The number of likely N-dealkylation sites (tertiary alicyclic amines) is 1. The third-order valence-electron chi connectivity index (χ3n) is 5.69. The van der Waals surface area contributed by atoms with Crippen molar-refractivity contribution in [1.29, 1.82) is 0 Å². The number of piperidine rings is 1. The second-order valence-corrected chi connectivity index (χ2v) is 8.13. The van der Waals surface area contributed by atoms with Gasteiger partial charge in [0.1, 0.15) is 0 Å². The molecular formula is C23H21ClN2O6. The SMILES string of the molecule is O=C(Nc1ccc2c(c1)OCO2)C1CCN(C(=O)C=Cc2cc(Cl)c3c(c2)OCO3)CC1. The number of benzene rings is 2. The normalized spacial score (nSPS) is 17.1. The molecule has 8 nitrogen and oxygen atoms in total. The van der Waals surface area contributed by atoms with E-state index in [9.17, 15) is 9.59 Å². The van der Waals surface area contributed by atoms with Gasteiger partial charge in [0, 0.05) is 36.8 Å². The molecule has 1 N–H and O–H groups in total. The highest BCUT2D eigenvalue weighted by Crippen LogP contribution is 2.40. The highest BCUT2D eigenvalue weighted by Gasteiger charge is 2.27. The van der Waals surface area contributed by atoms with Gasteiger partial charge in [0.25, 0.3) is 0 Å². The molecule has 2 aromatic carbocycles. The van der Waals surface area contributed by atoms with Crippen LogP contribution in [-0.4, -0.2) is 43.4 Å². The molecule has 0 saturated carbocycles. The zero-order chi connectivity index (χ0) is 22.1. The molecule has 166 valence electrons. The van der Waals surface area contributed by atoms with Crippen molar-refractivity contribution in [2.75, 3.05) is 32.0 Å². The van der Waals surface area contributed by atoms with Gasteiger partial charge >= 0.3 is 0 Å². The first kappa shape index (κ1) is 20.5. The Morgan fingerprint density at radius 1 is 0.969 bits per heavy atom. The maximum absolute atomic E-state index is 12.6. The third-order valence-corrected chi connectivity index (χ3v) is 5.97. The minimum atomic E-state index is -0.152. The van der Waals surface area contributed by atoms with Crippen LogP contribution in [0, 0.1) is 5.92 Å². The molecule has 3 heterocycles. The zero-order valence-electron chi connectivity index (χ0n) is 17.1. The average Bonchev–Trinajstić information content (AvgIpc) is 3.47. The summed E-state index contributed by atoms with van der Waals surface area (Å²) in [5, 5.41) is 3.38. The molecule has 0 spiro atoms. The second kappa shape index (κ2) is 8.63. The zero-order valence-corrected chi connectivity index (χ0v) is 17.9. The third kappa shape index (κ3) is 4.18. The van der Waals surface area contributed by atoms with E-state index in [0.29, 0.717) is 59.6 Å². The number of carbonyl (C=O) groups is 2. The first-order valence-electron chi connectivity index (χ1n) is 10.3. The summed E-state index contributed by atoms with van der Waals surface area (Å²) in [6.45, 7) is 1.36. The molecule has 32 heavy (non-hydrogen) atoms. The fourth-order valence-electron chi connectivity index (χ4n) is 3.94. The van der Waals surface area contributed by atoms with E-state index in [1.54, 1.807) is 41.3 Å². The summed E-state index contributed by atoms with van der Waals surface area (Å²) in [5.74, 6) is 2.08. The highest BCUT2D eigenvalue weighted by atomic mass is 35.5. The van der Waals surface area contributed by atoms with Crippen LogP contribution in [0.25, 0.3) is 6.08 Å². The fourth-order valence-corrected chi connectivity index (χ4v) is 4.21. The van der Waals surface area contributed by atoms with Gasteiger partial charge in [-0.25, -0.2) is 0 Å². The number of fused-ring (bicyclic) bond motifs is 2. The maximum atomic E-state index is 12.6. The summed E-state index contributed by atoms with van der Waals surface area (Å²) in [6, 6.07) is 8.83. The van der Waals surface area contributed by atoms with E-state index < -0.39 is 0 Å². The maximum Gasteiger partial charge on any atom is 0.246 e. The molecular weight excluding hydrogens is 436 g/mol. The molecule has 9 heteroatoms. The Labute approximate surface area is 189 Å². The highest BCUT2D eigenvalue weighted by molar-refractivity contribution is 6.32. The number of hydrogen-bond donors (Lipinski definition) is 1. The Balaban J connectivity index is 1.14. The molecule has 0 bridgehead atoms. The van der Waals surface area contributed by atoms with Crippen LogP contribution >= 0.6 is 11.6 Å². The second-order valence-electron chi connectivity index (χ2n) is 7.73. The Kier molecular flexibility index (Phi) is 5.53. The number of ether oxygens (including phenoxy) is 4. The topological polar surface area (TPSA) is 86.3 Å². The van der Waals surface area contributed by atoms with Crippen LogP contribution in [0.2, 0.25) is 5.02 Å². The van der Waals surface area contributed by atoms with E-state index in [1.807, 2.05) is 0 Å². The van der Waals surface area contributed by atoms with Gasteiger partial charge in [-0.1, -0.05) is 11.6 Å². The lowest BCUT2D eigenvalue weighted by Gasteiger charge is -2.30. The minimum absolute atomic E-state index is 0.0542.